The van der Waals surface area contributed by atoms with Gasteiger partial charge in [0, 0.05) is 11.8 Å². The van der Waals surface area contributed by atoms with E-state index < -0.39 is 0 Å². The average Bonchev–Trinajstić information content (AvgIpc) is 2.89. The van der Waals surface area contributed by atoms with Gasteiger partial charge in [-0.2, -0.15) is 0 Å². The topological polar surface area (TPSA) is 29.1 Å². The molecule has 4 heteroatoms. The van der Waals surface area contributed by atoms with E-state index in [-0.39, 0.29) is 17.0 Å². The molecule has 0 heterocycles. The maximum Gasteiger partial charge on any atom is 0.233 e. The lowest BCUT2D eigenvalue weighted by molar-refractivity contribution is -0.120. The van der Waals surface area contributed by atoms with Gasteiger partial charge in [-0.25, -0.2) is 4.39 Å². The van der Waals surface area contributed by atoms with Crippen molar-refractivity contribution in [2.24, 2.45) is 0 Å². The van der Waals surface area contributed by atoms with Crippen LogP contribution in [0.15, 0.2) is 24.3 Å². The zero-order chi connectivity index (χ0) is 13.7. The molecule has 0 spiro atoms. The molecule has 0 aromatic heterocycles. The molecule has 0 radical (unpaired) electrons. The fourth-order valence-electron chi connectivity index (χ4n) is 2.31. The van der Waals surface area contributed by atoms with E-state index in [0.717, 1.165) is 18.4 Å². The summed E-state index contributed by atoms with van der Waals surface area (Å²) in [5, 5.41) is 3.00. The van der Waals surface area contributed by atoms with E-state index in [4.69, 9.17) is 0 Å². The minimum absolute atomic E-state index is 0.0936. The van der Waals surface area contributed by atoms with Gasteiger partial charge in [0.2, 0.25) is 5.91 Å². The first-order valence-electron chi connectivity index (χ1n) is 6.81. The molecule has 1 aromatic carbocycles. The van der Waals surface area contributed by atoms with Gasteiger partial charge in [0.05, 0.1) is 5.25 Å². The molecule has 1 fully saturated rings. The molecule has 0 aliphatic heterocycles. The van der Waals surface area contributed by atoms with Gasteiger partial charge in [-0.1, -0.05) is 25.0 Å². The van der Waals surface area contributed by atoms with Crippen LogP contribution in [0, 0.1) is 5.82 Å². The van der Waals surface area contributed by atoms with Gasteiger partial charge < -0.3 is 5.32 Å². The summed E-state index contributed by atoms with van der Waals surface area (Å²) in [7, 11) is 0. The van der Waals surface area contributed by atoms with Gasteiger partial charge in [-0.15, -0.1) is 11.8 Å². The van der Waals surface area contributed by atoms with Crippen molar-refractivity contribution in [1.29, 1.82) is 0 Å². The molecule has 0 unspecified atom stereocenters. The largest absolute Gasteiger partial charge is 0.352 e. The van der Waals surface area contributed by atoms with Crippen molar-refractivity contribution < 1.29 is 9.18 Å². The van der Waals surface area contributed by atoms with Crippen molar-refractivity contribution in [2.45, 2.75) is 49.7 Å². The standard InChI is InChI=1S/C15H20FNOS/c1-11(15(18)17-14-7-2-3-8-14)19-10-12-5-4-6-13(16)9-12/h4-6,9,11,14H,2-3,7-8,10H2,1H3,(H,17,18)/t11-/m0/s1. The fourth-order valence-corrected chi connectivity index (χ4v) is 3.15. The molecule has 0 saturated heterocycles. The van der Waals surface area contributed by atoms with Crippen LogP contribution in [0.2, 0.25) is 0 Å². The Morgan fingerprint density at radius 3 is 2.89 bits per heavy atom. The maximum absolute atomic E-state index is 13.0. The first-order chi connectivity index (χ1) is 9.15. The highest BCUT2D eigenvalue weighted by Gasteiger charge is 2.20. The van der Waals surface area contributed by atoms with Crippen molar-refractivity contribution >= 4 is 17.7 Å². The highest BCUT2D eigenvalue weighted by Crippen LogP contribution is 2.21. The van der Waals surface area contributed by atoms with Gasteiger partial charge in [0.1, 0.15) is 5.82 Å². The summed E-state index contributed by atoms with van der Waals surface area (Å²) in [5.74, 6) is 0.547. The first-order valence-corrected chi connectivity index (χ1v) is 7.86. The molecule has 1 saturated carbocycles. The monoisotopic (exact) mass is 281 g/mol. The van der Waals surface area contributed by atoms with Gasteiger partial charge in [-0.05, 0) is 37.5 Å². The van der Waals surface area contributed by atoms with Crippen LogP contribution < -0.4 is 5.32 Å². The molecule has 2 rings (SSSR count). The molecule has 19 heavy (non-hydrogen) atoms. The van der Waals surface area contributed by atoms with Gasteiger partial charge >= 0.3 is 0 Å². The summed E-state index contributed by atoms with van der Waals surface area (Å²) in [6.45, 7) is 1.91. The van der Waals surface area contributed by atoms with Crippen LogP contribution in [0.3, 0.4) is 0 Å². The number of halogens is 1. The Hall–Kier alpha value is -1.03. The van der Waals surface area contributed by atoms with Crippen molar-refractivity contribution in [3.63, 3.8) is 0 Å². The molecule has 2 nitrogen and oxygen atoms in total. The SMILES string of the molecule is C[C@H](SCc1cccc(F)c1)C(=O)NC1CCCC1. The number of carbonyl (C=O) groups excluding carboxylic acids is 1. The van der Waals surface area contributed by atoms with Crippen LogP contribution >= 0.6 is 11.8 Å². The Bertz CT molecular complexity index is 432. The van der Waals surface area contributed by atoms with Crippen molar-refractivity contribution in [3.05, 3.63) is 35.6 Å². The van der Waals surface area contributed by atoms with E-state index in [2.05, 4.69) is 5.32 Å². The van der Waals surface area contributed by atoms with E-state index >= 15 is 0 Å². The van der Waals surface area contributed by atoms with Crippen LogP contribution in [0.5, 0.6) is 0 Å². The highest BCUT2D eigenvalue weighted by atomic mass is 32.2. The normalized spacial score (nSPS) is 17.4. The van der Waals surface area contributed by atoms with Crippen LogP contribution in [0.1, 0.15) is 38.2 Å². The number of amides is 1. The summed E-state index contributed by atoms with van der Waals surface area (Å²) in [6, 6.07) is 6.91. The second-order valence-corrected chi connectivity index (χ2v) is 6.40. The van der Waals surface area contributed by atoms with E-state index in [9.17, 15) is 9.18 Å². The van der Waals surface area contributed by atoms with Crippen molar-refractivity contribution in [3.8, 4) is 0 Å². The molecule has 1 N–H and O–H groups in total. The molecule has 104 valence electrons. The van der Waals surface area contributed by atoms with Gasteiger partial charge in [0.25, 0.3) is 0 Å². The molecule has 1 atom stereocenters. The number of rotatable bonds is 5. The Balaban J connectivity index is 1.76. The van der Waals surface area contributed by atoms with E-state index in [0.29, 0.717) is 11.8 Å². The second kappa shape index (κ2) is 6.94. The number of carbonyl (C=O) groups is 1. The van der Waals surface area contributed by atoms with Crippen LogP contribution in [-0.2, 0) is 10.5 Å². The average molecular weight is 281 g/mol. The van der Waals surface area contributed by atoms with Gasteiger partial charge in [0.15, 0.2) is 0 Å². The van der Waals surface area contributed by atoms with Crippen LogP contribution in [0.4, 0.5) is 4.39 Å². The van der Waals surface area contributed by atoms with Gasteiger partial charge in [-0.3, -0.25) is 4.79 Å². The lowest BCUT2D eigenvalue weighted by Gasteiger charge is -2.16. The number of benzene rings is 1. The predicted octanol–water partition coefficient (Wildman–Crippen LogP) is 3.51. The minimum Gasteiger partial charge on any atom is -0.352 e. The third kappa shape index (κ3) is 4.53. The Labute approximate surface area is 118 Å². The zero-order valence-electron chi connectivity index (χ0n) is 11.2. The van der Waals surface area contributed by atoms with E-state index in [1.165, 1.54) is 25.0 Å². The van der Waals surface area contributed by atoms with E-state index in [1.807, 2.05) is 13.0 Å². The summed E-state index contributed by atoms with van der Waals surface area (Å²) in [5.41, 5.74) is 0.922. The van der Waals surface area contributed by atoms with E-state index in [1.54, 1.807) is 17.8 Å². The predicted molar refractivity (Wildman–Crippen MR) is 77.6 cm³/mol. The molecular formula is C15H20FNOS. The highest BCUT2D eigenvalue weighted by molar-refractivity contribution is 7.99. The quantitative estimate of drug-likeness (QED) is 0.895. The number of hydrogen-bond acceptors (Lipinski definition) is 2. The molecule has 1 amide bonds. The third-order valence-corrected chi connectivity index (χ3v) is 4.67. The second-order valence-electron chi connectivity index (χ2n) is 5.07. The van der Waals surface area contributed by atoms with Crippen molar-refractivity contribution in [1.82, 2.24) is 5.32 Å². The number of thioether (sulfide) groups is 1. The number of hydrogen-bond donors (Lipinski definition) is 1. The zero-order valence-corrected chi connectivity index (χ0v) is 12.0. The molecular weight excluding hydrogens is 261 g/mol. The summed E-state index contributed by atoms with van der Waals surface area (Å²) in [6.07, 6.45) is 4.64. The van der Waals surface area contributed by atoms with Crippen molar-refractivity contribution in [2.75, 3.05) is 0 Å². The molecule has 1 aliphatic carbocycles. The maximum atomic E-state index is 13.0. The fraction of sp³-hybridized carbons (Fsp3) is 0.533. The molecule has 0 bridgehead atoms. The Morgan fingerprint density at radius 2 is 2.21 bits per heavy atom. The summed E-state index contributed by atoms with van der Waals surface area (Å²) < 4.78 is 13.0. The lowest BCUT2D eigenvalue weighted by atomic mass is 10.2. The Morgan fingerprint density at radius 1 is 1.47 bits per heavy atom. The third-order valence-electron chi connectivity index (χ3n) is 3.46. The molecule has 1 aromatic rings. The summed E-state index contributed by atoms with van der Waals surface area (Å²) in [4.78, 5) is 12.0. The molecule has 1 aliphatic rings. The Kier molecular flexibility index (Phi) is 5.25. The van der Waals surface area contributed by atoms with Crippen LogP contribution in [0.25, 0.3) is 0 Å². The smallest absolute Gasteiger partial charge is 0.233 e. The minimum atomic E-state index is -0.221. The first kappa shape index (κ1) is 14.4. The number of nitrogens with one attached hydrogen (secondary N) is 1. The lowest BCUT2D eigenvalue weighted by Crippen LogP contribution is -2.37. The summed E-state index contributed by atoms with van der Waals surface area (Å²) >= 11 is 1.55. The van der Waals surface area contributed by atoms with Crippen LogP contribution in [-0.4, -0.2) is 17.2 Å².